The number of carbonyl (C=O) groups excluding carboxylic acids is 1. The molecule has 0 fully saturated rings. The summed E-state index contributed by atoms with van der Waals surface area (Å²) >= 11 is 0. The first-order valence-electron chi connectivity index (χ1n) is 9.91. The standard InChI is InChI=1S/C26H23NO4/c1-30-19-14-11-18(12-15-19)26(29)27-25(21-9-5-6-10-23(21)31-2)24-20-8-4-3-7-17(20)13-16-22(24)28/h3-16,25,28H,1-2H3,(H,27,29)/t25-/m1/s1. The Balaban J connectivity index is 1.85. The lowest BCUT2D eigenvalue weighted by atomic mass is 9.92. The van der Waals surface area contributed by atoms with Crippen molar-refractivity contribution in [2.45, 2.75) is 6.04 Å². The van der Waals surface area contributed by atoms with Gasteiger partial charge in [0.1, 0.15) is 17.2 Å². The van der Waals surface area contributed by atoms with Crippen LogP contribution in [0.5, 0.6) is 17.2 Å². The van der Waals surface area contributed by atoms with E-state index in [1.807, 2.05) is 54.6 Å². The van der Waals surface area contributed by atoms with Crippen LogP contribution in [0.25, 0.3) is 10.8 Å². The van der Waals surface area contributed by atoms with Crippen LogP contribution in [-0.2, 0) is 0 Å². The van der Waals surface area contributed by atoms with Crippen molar-refractivity contribution in [1.29, 1.82) is 0 Å². The number of aromatic hydroxyl groups is 1. The van der Waals surface area contributed by atoms with Crippen molar-refractivity contribution in [2.24, 2.45) is 0 Å². The van der Waals surface area contributed by atoms with Crippen LogP contribution in [0.4, 0.5) is 0 Å². The maximum atomic E-state index is 13.2. The van der Waals surface area contributed by atoms with Crippen molar-refractivity contribution in [1.82, 2.24) is 5.32 Å². The predicted molar refractivity (Wildman–Crippen MR) is 121 cm³/mol. The Morgan fingerprint density at radius 2 is 1.55 bits per heavy atom. The lowest BCUT2D eigenvalue weighted by Gasteiger charge is -2.24. The zero-order valence-corrected chi connectivity index (χ0v) is 17.3. The molecule has 0 saturated heterocycles. The van der Waals surface area contributed by atoms with Gasteiger partial charge < -0.3 is 19.9 Å². The molecular formula is C26H23NO4. The van der Waals surface area contributed by atoms with E-state index in [9.17, 15) is 9.90 Å². The number of methoxy groups -OCH3 is 2. The first kappa shape index (κ1) is 20.3. The minimum atomic E-state index is -0.628. The third-order valence-corrected chi connectivity index (χ3v) is 5.31. The maximum absolute atomic E-state index is 13.2. The molecule has 2 N–H and O–H groups in total. The number of hydrogen-bond donors (Lipinski definition) is 2. The molecule has 4 aromatic carbocycles. The van der Waals surface area contributed by atoms with Crippen LogP contribution in [0.1, 0.15) is 27.5 Å². The number of phenolic OH excluding ortho intramolecular Hbond substituents is 1. The quantitative estimate of drug-likeness (QED) is 0.462. The monoisotopic (exact) mass is 413 g/mol. The maximum Gasteiger partial charge on any atom is 0.252 e. The van der Waals surface area contributed by atoms with Crippen LogP contribution in [0, 0.1) is 0 Å². The van der Waals surface area contributed by atoms with E-state index in [0.717, 1.165) is 16.3 Å². The van der Waals surface area contributed by atoms with Gasteiger partial charge in [-0.2, -0.15) is 0 Å². The average molecular weight is 413 g/mol. The molecule has 1 amide bonds. The third-order valence-electron chi connectivity index (χ3n) is 5.31. The highest BCUT2D eigenvalue weighted by molar-refractivity contribution is 5.96. The van der Waals surface area contributed by atoms with E-state index >= 15 is 0 Å². The fourth-order valence-corrected chi connectivity index (χ4v) is 3.75. The zero-order valence-electron chi connectivity index (χ0n) is 17.3. The van der Waals surface area contributed by atoms with Gasteiger partial charge in [-0.25, -0.2) is 0 Å². The number of amides is 1. The van der Waals surface area contributed by atoms with Gasteiger partial charge in [0.25, 0.3) is 5.91 Å². The van der Waals surface area contributed by atoms with Crippen molar-refractivity contribution in [3.05, 3.63) is 102 Å². The Kier molecular flexibility index (Phi) is 5.76. The van der Waals surface area contributed by atoms with Crippen LogP contribution >= 0.6 is 0 Å². The Bertz CT molecular complexity index is 1220. The lowest BCUT2D eigenvalue weighted by Crippen LogP contribution is -2.30. The fourth-order valence-electron chi connectivity index (χ4n) is 3.75. The Labute approximate surface area is 180 Å². The van der Waals surface area contributed by atoms with E-state index in [4.69, 9.17) is 9.47 Å². The van der Waals surface area contributed by atoms with Crippen LogP contribution in [0.2, 0.25) is 0 Å². The van der Waals surface area contributed by atoms with Crippen molar-refractivity contribution in [2.75, 3.05) is 14.2 Å². The third kappa shape index (κ3) is 4.03. The highest BCUT2D eigenvalue weighted by atomic mass is 16.5. The van der Waals surface area contributed by atoms with Crippen LogP contribution in [0.15, 0.2) is 84.9 Å². The largest absolute Gasteiger partial charge is 0.508 e. The topological polar surface area (TPSA) is 67.8 Å². The van der Waals surface area contributed by atoms with Crippen molar-refractivity contribution in [3.63, 3.8) is 0 Å². The normalized spacial score (nSPS) is 11.7. The van der Waals surface area contributed by atoms with Crippen LogP contribution < -0.4 is 14.8 Å². The summed E-state index contributed by atoms with van der Waals surface area (Å²) in [6.07, 6.45) is 0. The van der Waals surface area contributed by atoms with Crippen molar-refractivity contribution < 1.29 is 19.4 Å². The number of hydrogen-bond acceptors (Lipinski definition) is 4. The molecule has 0 radical (unpaired) electrons. The minimum Gasteiger partial charge on any atom is -0.508 e. The van der Waals surface area contributed by atoms with E-state index in [1.165, 1.54) is 0 Å². The number of rotatable bonds is 6. The number of benzene rings is 4. The summed E-state index contributed by atoms with van der Waals surface area (Å²) in [5.41, 5.74) is 1.85. The van der Waals surface area contributed by atoms with E-state index in [-0.39, 0.29) is 11.7 Å². The second kappa shape index (κ2) is 8.79. The predicted octanol–water partition coefficient (Wildman–Crippen LogP) is 5.08. The summed E-state index contributed by atoms with van der Waals surface area (Å²) in [6, 6.07) is 25.0. The van der Waals surface area contributed by atoms with E-state index in [0.29, 0.717) is 22.6 Å². The summed E-state index contributed by atoms with van der Waals surface area (Å²) in [6.45, 7) is 0. The first-order chi connectivity index (χ1) is 15.1. The summed E-state index contributed by atoms with van der Waals surface area (Å²) in [7, 11) is 3.17. The van der Waals surface area contributed by atoms with Gasteiger partial charge in [-0.1, -0.05) is 48.5 Å². The van der Waals surface area contributed by atoms with Crippen LogP contribution in [-0.4, -0.2) is 25.2 Å². The van der Waals surface area contributed by atoms with Gasteiger partial charge in [0.2, 0.25) is 0 Å². The molecule has 0 aliphatic carbocycles. The zero-order chi connectivity index (χ0) is 21.8. The number of para-hydroxylation sites is 1. The fraction of sp³-hybridized carbons (Fsp3) is 0.115. The van der Waals surface area contributed by atoms with Gasteiger partial charge in [-0.05, 0) is 47.2 Å². The highest BCUT2D eigenvalue weighted by Crippen LogP contribution is 2.39. The molecule has 5 nitrogen and oxygen atoms in total. The number of fused-ring (bicyclic) bond motifs is 1. The molecule has 31 heavy (non-hydrogen) atoms. The molecule has 4 rings (SSSR count). The molecule has 0 bridgehead atoms. The first-order valence-corrected chi connectivity index (χ1v) is 9.91. The van der Waals surface area contributed by atoms with Gasteiger partial charge in [0.05, 0.1) is 20.3 Å². The smallest absolute Gasteiger partial charge is 0.252 e. The Morgan fingerprint density at radius 1 is 0.839 bits per heavy atom. The molecular weight excluding hydrogens is 390 g/mol. The molecule has 0 aliphatic heterocycles. The number of ether oxygens (including phenoxy) is 2. The van der Waals surface area contributed by atoms with Crippen molar-refractivity contribution in [3.8, 4) is 17.2 Å². The SMILES string of the molecule is COc1ccc(C(=O)N[C@H](c2ccccc2OC)c2c(O)ccc3ccccc23)cc1. The second-order valence-electron chi connectivity index (χ2n) is 7.10. The molecule has 0 unspecified atom stereocenters. The number of nitrogens with one attached hydrogen (secondary N) is 1. The lowest BCUT2D eigenvalue weighted by molar-refractivity contribution is 0.0942. The van der Waals surface area contributed by atoms with E-state index in [1.54, 1.807) is 44.6 Å². The molecule has 156 valence electrons. The summed E-state index contributed by atoms with van der Waals surface area (Å²) < 4.78 is 10.7. The van der Waals surface area contributed by atoms with Gasteiger partial charge in [0, 0.05) is 16.7 Å². The molecule has 1 atom stereocenters. The Hall–Kier alpha value is -3.99. The number of carbonyl (C=O) groups is 1. The molecule has 5 heteroatoms. The number of phenols is 1. The molecule has 0 spiro atoms. The average Bonchev–Trinajstić information content (AvgIpc) is 2.83. The van der Waals surface area contributed by atoms with Gasteiger partial charge in [0.15, 0.2) is 0 Å². The van der Waals surface area contributed by atoms with E-state index < -0.39 is 6.04 Å². The summed E-state index contributed by atoms with van der Waals surface area (Å²) in [4.78, 5) is 13.2. The van der Waals surface area contributed by atoms with E-state index in [2.05, 4.69) is 5.32 Å². The van der Waals surface area contributed by atoms with Gasteiger partial charge in [-0.3, -0.25) is 4.79 Å². The minimum absolute atomic E-state index is 0.102. The van der Waals surface area contributed by atoms with Gasteiger partial charge >= 0.3 is 0 Å². The Morgan fingerprint density at radius 3 is 2.29 bits per heavy atom. The molecule has 0 saturated carbocycles. The van der Waals surface area contributed by atoms with Gasteiger partial charge in [-0.15, -0.1) is 0 Å². The second-order valence-corrected chi connectivity index (χ2v) is 7.10. The summed E-state index contributed by atoms with van der Waals surface area (Å²) in [5, 5.41) is 15.8. The molecule has 0 aromatic heterocycles. The highest BCUT2D eigenvalue weighted by Gasteiger charge is 2.25. The summed E-state index contributed by atoms with van der Waals surface area (Å²) in [5.74, 6) is 1.12. The molecule has 0 aliphatic rings. The van der Waals surface area contributed by atoms with Crippen molar-refractivity contribution >= 4 is 16.7 Å². The molecule has 4 aromatic rings. The van der Waals surface area contributed by atoms with Crippen LogP contribution in [0.3, 0.4) is 0 Å². The molecule has 0 heterocycles.